The average molecular weight is 252 g/mol. The van der Waals surface area contributed by atoms with Crippen molar-refractivity contribution in [1.82, 2.24) is 4.98 Å². The smallest absolute Gasteiger partial charge is 0.0839 e. The first-order valence-corrected chi connectivity index (χ1v) is 5.61. The lowest BCUT2D eigenvalue weighted by molar-refractivity contribution is 1.42. The summed E-state index contributed by atoms with van der Waals surface area (Å²) < 4.78 is 3.71. The molecule has 13 heavy (non-hydrogen) atoms. The van der Waals surface area contributed by atoms with Crippen LogP contribution in [0.4, 0.5) is 0 Å². The molecule has 0 fully saturated rings. The fourth-order valence-corrected chi connectivity index (χ4v) is 3.25. The van der Waals surface area contributed by atoms with E-state index in [4.69, 9.17) is 0 Å². The maximum absolute atomic E-state index is 3.44. The minimum atomic E-state index is 1.06. The van der Waals surface area contributed by atoms with Crippen LogP contribution >= 0.6 is 27.3 Å². The minimum absolute atomic E-state index is 1.06. The number of hydrogen-bond acceptors (Lipinski definition) is 1. The maximum Gasteiger partial charge on any atom is 0.0839 e. The average Bonchev–Trinajstić information content (AvgIpc) is 2.60. The Morgan fingerprint density at radius 2 is 2.00 bits per heavy atom. The van der Waals surface area contributed by atoms with Crippen LogP contribution in [0.15, 0.2) is 34.9 Å². The van der Waals surface area contributed by atoms with E-state index in [0.29, 0.717) is 0 Å². The highest BCUT2D eigenvalue weighted by molar-refractivity contribution is 9.10. The number of rotatable bonds is 0. The molecule has 1 aromatic carbocycles. The summed E-state index contributed by atoms with van der Waals surface area (Å²) in [6.07, 6.45) is 0. The van der Waals surface area contributed by atoms with Gasteiger partial charge in [-0.3, -0.25) is 0 Å². The van der Waals surface area contributed by atoms with Crippen molar-refractivity contribution in [3.05, 3.63) is 34.9 Å². The molecule has 3 rings (SSSR count). The quantitative estimate of drug-likeness (QED) is 0.618. The topological polar surface area (TPSA) is 15.8 Å². The number of benzene rings is 1. The zero-order valence-corrected chi connectivity index (χ0v) is 9.08. The molecule has 0 aliphatic carbocycles. The Labute approximate surface area is 87.5 Å². The SMILES string of the molecule is Brc1cc2sc3ccccc3c2[nH]1. The molecule has 3 heteroatoms. The van der Waals surface area contributed by atoms with Gasteiger partial charge in [0.2, 0.25) is 0 Å². The zero-order chi connectivity index (χ0) is 8.84. The van der Waals surface area contributed by atoms with Crippen molar-refractivity contribution in [2.24, 2.45) is 0 Å². The molecule has 0 spiro atoms. The van der Waals surface area contributed by atoms with E-state index in [9.17, 15) is 0 Å². The van der Waals surface area contributed by atoms with Crippen molar-refractivity contribution in [2.45, 2.75) is 0 Å². The molecule has 0 saturated carbocycles. The van der Waals surface area contributed by atoms with Crippen LogP contribution in [-0.4, -0.2) is 4.98 Å². The monoisotopic (exact) mass is 251 g/mol. The van der Waals surface area contributed by atoms with Gasteiger partial charge in [-0.1, -0.05) is 18.2 Å². The number of aromatic amines is 1. The van der Waals surface area contributed by atoms with Crippen LogP contribution in [0, 0.1) is 0 Å². The van der Waals surface area contributed by atoms with Gasteiger partial charge in [-0.25, -0.2) is 0 Å². The van der Waals surface area contributed by atoms with Crippen LogP contribution in [0.2, 0.25) is 0 Å². The molecule has 1 nitrogen and oxygen atoms in total. The van der Waals surface area contributed by atoms with E-state index in [-0.39, 0.29) is 0 Å². The predicted molar refractivity (Wildman–Crippen MR) is 61.4 cm³/mol. The summed E-state index contributed by atoms with van der Waals surface area (Å²) in [5.41, 5.74) is 1.24. The Hall–Kier alpha value is -0.800. The largest absolute Gasteiger partial charge is 0.348 e. The number of nitrogens with one attached hydrogen (secondary N) is 1. The van der Waals surface area contributed by atoms with E-state index in [2.05, 4.69) is 51.2 Å². The summed E-state index contributed by atoms with van der Waals surface area (Å²) in [6.45, 7) is 0. The van der Waals surface area contributed by atoms with Gasteiger partial charge in [0.25, 0.3) is 0 Å². The van der Waals surface area contributed by atoms with Gasteiger partial charge in [0, 0.05) is 10.1 Å². The first kappa shape index (κ1) is 7.59. The van der Waals surface area contributed by atoms with E-state index in [1.54, 1.807) is 0 Å². The second-order valence-electron chi connectivity index (χ2n) is 2.95. The van der Waals surface area contributed by atoms with E-state index in [1.165, 1.54) is 20.3 Å². The van der Waals surface area contributed by atoms with Crippen LogP contribution < -0.4 is 0 Å². The van der Waals surface area contributed by atoms with Gasteiger partial charge >= 0.3 is 0 Å². The summed E-state index contributed by atoms with van der Waals surface area (Å²) in [5.74, 6) is 0. The first-order valence-electron chi connectivity index (χ1n) is 4.00. The van der Waals surface area contributed by atoms with Crippen molar-refractivity contribution in [3.8, 4) is 0 Å². The van der Waals surface area contributed by atoms with Crippen LogP contribution in [0.5, 0.6) is 0 Å². The molecule has 64 valence electrons. The number of fused-ring (bicyclic) bond motifs is 3. The Bertz CT molecular complexity index is 579. The molecule has 0 saturated heterocycles. The van der Waals surface area contributed by atoms with Crippen LogP contribution in [0.25, 0.3) is 20.3 Å². The van der Waals surface area contributed by atoms with Crippen molar-refractivity contribution in [1.29, 1.82) is 0 Å². The van der Waals surface area contributed by atoms with Gasteiger partial charge in [-0.15, -0.1) is 11.3 Å². The van der Waals surface area contributed by atoms with Crippen LogP contribution in [0.1, 0.15) is 0 Å². The number of H-pyrrole nitrogens is 1. The Morgan fingerprint density at radius 1 is 1.15 bits per heavy atom. The van der Waals surface area contributed by atoms with E-state index in [1.807, 2.05) is 11.3 Å². The molecular formula is C10H6BrNS. The Kier molecular flexibility index (Phi) is 1.51. The summed E-state index contributed by atoms with van der Waals surface area (Å²) >= 11 is 5.26. The minimum Gasteiger partial charge on any atom is -0.348 e. The van der Waals surface area contributed by atoms with Crippen LogP contribution in [0.3, 0.4) is 0 Å². The first-order chi connectivity index (χ1) is 6.34. The molecule has 0 bridgehead atoms. The molecule has 2 aromatic heterocycles. The van der Waals surface area contributed by atoms with Gasteiger partial charge < -0.3 is 4.98 Å². The molecular weight excluding hydrogens is 246 g/mol. The standard InChI is InChI=1S/C10H6BrNS/c11-9-5-8-10(12-9)6-3-1-2-4-7(6)13-8/h1-5,12H. The second kappa shape index (κ2) is 2.59. The van der Waals surface area contributed by atoms with Gasteiger partial charge in [0.05, 0.1) is 14.8 Å². The Balaban J connectivity index is 2.60. The van der Waals surface area contributed by atoms with Gasteiger partial charge in [-0.2, -0.15) is 0 Å². The maximum atomic E-state index is 3.44. The van der Waals surface area contributed by atoms with Gasteiger partial charge in [-0.05, 0) is 28.1 Å². The normalized spacial score (nSPS) is 11.5. The molecule has 0 atom stereocenters. The molecule has 0 radical (unpaired) electrons. The lowest BCUT2D eigenvalue weighted by atomic mass is 10.2. The number of aromatic nitrogens is 1. The van der Waals surface area contributed by atoms with E-state index in [0.717, 1.165) is 4.60 Å². The molecule has 0 amide bonds. The van der Waals surface area contributed by atoms with Gasteiger partial charge in [0.1, 0.15) is 0 Å². The summed E-state index contributed by atoms with van der Waals surface area (Å²) in [5, 5.41) is 1.31. The highest BCUT2D eigenvalue weighted by atomic mass is 79.9. The third kappa shape index (κ3) is 1.04. The Morgan fingerprint density at radius 3 is 2.92 bits per heavy atom. The molecule has 3 aromatic rings. The highest BCUT2D eigenvalue weighted by Gasteiger charge is 2.05. The van der Waals surface area contributed by atoms with Crippen molar-refractivity contribution in [3.63, 3.8) is 0 Å². The summed E-state index contributed by atoms with van der Waals surface area (Å²) in [4.78, 5) is 3.31. The number of halogens is 1. The van der Waals surface area contributed by atoms with Crippen LogP contribution in [-0.2, 0) is 0 Å². The fraction of sp³-hybridized carbons (Fsp3) is 0. The number of hydrogen-bond donors (Lipinski definition) is 1. The third-order valence-electron chi connectivity index (χ3n) is 2.12. The van der Waals surface area contributed by atoms with E-state index >= 15 is 0 Å². The number of thiophene rings is 1. The predicted octanol–water partition coefficient (Wildman–Crippen LogP) is 4.15. The fourth-order valence-electron chi connectivity index (χ4n) is 1.57. The van der Waals surface area contributed by atoms with Crippen molar-refractivity contribution < 1.29 is 0 Å². The van der Waals surface area contributed by atoms with Crippen molar-refractivity contribution >= 4 is 47.6 Å². The third-order valence-corrected chi connectivity index (χ3v) is 3.67. The molecule has 0 aliphatic rings. The second-order valence-corrected chi connectivity index (χ2v) is 4.89. The molecule has 0 aliphatic heterocycles. The van der Waals surface area contributed by atoms with Crippen molar-refractivity contribution in [2.75, 3.05) is 0 Å². The molecule has 2 heterocycles. The summed E-state index contributed by atoms with van der Waals surface area (Å²) in [6, 6.07) is 10.6. The highest BCUT2D eigenvalue weighted by Crippen LogP contribution is 2.34. The van der Waals surface area contributed by atoms with E-state index < -0.39 is 0 Å². The van der Waals surface area contributed by atoms with Gasteiger partial charge in [0.15, 0.2) is 0 Å². The lowest BCUT2D eigenvalue weighted by Gasteiger charge is -1.86. The molecule has 1 N–H and O–H groups in total. The zero-order valence-electron chi connectivity index (χ0n) is 6.67. The lowest BCUT2D eigenvalue weighted by Crippen LogP contribution is -1.64. The summed E-state index contributed by atoms with van der Waals surface area (Å²) in [7, 11) is 0. The molecule has 0 unspecified atom stereocenters.